The largest absolute Gasteiger partial charge is 0.310 e. The summed E-state index contributed by atoms with van der Waals surface area (Å²) in [5, 5.41) is 4.92. The van der Waals surface area contributed by atoms with Crippen LogP contribution in [0.15, 0.2) is 218 Å². The van der Waals surface area contributed by atoms with E-state index in [0.29, 0.717) is 0 Å². The molecule has 2 nitrogen and oxygen atoms in total. The number of nitrogens with zero attached hydrogens (tertiary/aromatic N) is 2. The van der Waals surface area contributed by atoms with Gasteiger partial charge in [0.05, 0.1) is 16.7 Å². The molecule has 0 saturated carbocycles. The topological polar surface area (TPSA) is 8.17 Å². The zero-order chi connectivity index (χ0) is 35.8. The van der Waals surface area contributed by atoms with E-state index in [4.69, 9.17) is 0 Å². The van der Waals surface area contributed by atoms with Crippen LogP contribution in [0.1, 0.15) is 0 Å². The van der Waals surface area contributed by atoms with Crippen molar-refractivity contribution in [2.75, 3.05) is 4.90 Å². The number of aromatic nitrogens is 1. The Balaban J connectivity index is 1.27. The van der Waals surface area contributed by atoms with Gasteiger partial charge in [-0.2, -0.15) is 0 Å². The first-order chi connectivity index (χ1) is 26.8. The van der Waals surface area contributed by atoms with Crippen LogP contribution in [0.3, 0.4) is 0 Å². The monoisotopic (exact) mass is 688 g/mol. The number of benzene rings is 9. The fourth-order valence-corrected chi connectivity index (χ4v) is 7.98. The van der Waals surface area contributed by atoms with Crippen LogP contribution in [0.2, 0.25) is 0 Å². The standard InChI is InChI=1S/C52H36N2/c1-4-16-37(17-5-1)42-33-43(38-18-6-2-7-19-38)35-46(34-42)53(50-26-14-12-24-47(50)41-29-28-39-20-10-11-21-40(39)32-41)45-30-31-49-48-25-13-15-27-51(48)54(52(49)36-45)44-22-8-3-9-23-44/h1-36H. The van der Waals surface area contributed by atoms with Crippen molar-refractivity contribution in [3.8, 4) is 39.1 Å². The Morgan fingerprint density at radius 1 is 0.315 bits per heavy atom. The second kappa shape index (κ2) is 13.4. The summed E-state index contributed by atoms with van der Waals surface area (Å²) in [5.74, 6) is 0. The van der Waals surface area contributed by atoms with Gasteiger partial charge in [0.1, 0.15) is 0 Å². The van der Waals surface area contributed by atoms with Crippen LogP contribution in [-0.4, -0.2) is 4.57 Å². The quantitative estimate of drug-likeness (QED) is 0.162. The van der Waals surface area contributed by atoms with E-state index in [1.165, 1.54) is 60.4 Å². The highest BCUT2D eigenvalue weighted by atomic mass is 15.1. The Labute approximate surface area is 315 Å². The van der Waals surface area contributed by atoms with Crippen LogP contribution in [0, 0.1) is 0 Å². The van der Waals surface area contributed by atoms with Crippen LogP contribution in [-0.2, 0) is 0 Å². The lowest BCUT2D eigenvalue weighted by molar-refractivity contribution is 1.18. The second-order valence-electron chi connectivity index (χ2n) is 13.8. The molecule has 1 heterocycles. The third-order valence-corrected chi connectivity index (χ3v) is 10.5. The minimum absolute atomic E-state index is 1.08. The molecule has 0 bridgehead atoms. The molecular weight excluding hydrogens is 653 g/mol. The van der Waals surface area contributed by atoms with E-state index >= 15 is 0 Å². The molecule has 0 N–H and O–H groups in total. The Kier molecular flexibility index (Phi) is 7.85. The fraction of sp³-hybridized carbons (Fsp3) is 0. The molecule has 0 aliphatic rings. The highest BCUT2D eigenvalue weighted by Gasteiger charge is 2.21. The number of fused-ring (bicyclic) bond motifs is 4. The molecule has 0 aliphatic heterocycles. The van der Waals surface area contributed by atoms with E-state index in [1.807, 2.05) is 0 Å². The van der Waals surface area contributed by atoms with E-state index in [2.05, 4.69) is 228 Å². The maximum Gasteiger partial charge on any atom is 0.0561 e. The van der Waals surface area contributed by atoms with Gasteiger partial charge in [-0.1, -0.05) is 158 Å². The van der Waals surface area contributed by atoms with Crippen LogP contribution in [0.4, 0.5) is 17.1 Å². The first-order valence-electron chi connectivity index (χ1n) is 18.5. The molecule has 10 aromatic rings. The molecule has 0 saturated heterocycles. The van der Waals surface area contributed by atoms with E-state index in [-0.39, 0.29) is 0 Å². The zero-order valence-electron chi connectivity index (χ0n) is 29.7. The Morgan fingerprint density at radius 2 is 0.907 bits per heavy atom. The van der Waals surface area contributed by atoms with Crippen molar-refractivity contribution < 1.29 is 0 Å². The summed E-state index contributed by atoms with van der Waals surface area (Å²) in [6.07, 6.45) is 0. The van der Waals surface area contributed by atoms with Crippen molar-refractivity contribution in [2.24, 2.45) is 0 Å². The summed E-state index contributed by atoms with van der Waals surface area (Å²) >= 11 is 0. The number of hydrogen-bond acceptors (Lipinski definition) is 1. The summed E-state index contributed by atoms with van der Waals surface area (Å²) in [6, 6.07) is 79.1. The SMILES string of the molecule is c1ccc(-c2cc(-c3ccccc3)cc(N(c3ccc4c5ccccc5n(-c5ccccc5)c4c3)c3ccccc3-c3ccc4ccccc4c3)c2)cc1. The Hall–Kier alpha value is -7.16. The molecular formula is C52H36N2. The van der Waals surface area contributed by atoms with Gasteiger partial charge in [-0.25, -0.2) is 0 Å². The van der Waals surface area contributed by atoms with Crippen LogP contribution >= 0.6 is 0 Å². The third kappa shape index (κ3) is 5.62. The number of rotatable bonds is 7. The molecule has 0 fully saturated rings. The maximum absolute atomic E-state index is 2.45. The molecule has 2 heteroatoms. The molecule has 54 heavy (non-hydrogen) atoms. The summed E-state index contributed by atoms with van der Waals surface area (Å²) in [6.45, 7) is 0. The lowest BCUT2D eigenvalue weighted by atomic mass is 9.96. The zero-order valence-corrected chi connectivity index (χ0v) is 29.7. The normalized spacial score (nSPS) is 11.3. The predicted molar refractivity (Wildman–Crippen MR) is 229 cm³/mol. The molecule has 0 spiro atoms. The van der Waals surface area contributed by atoms with Crippen molar-refractivity contribution in [3.63, 3.8) is 0 Å². The molecule has 0 unspecified atom stereocenters. The van der Waals surface area contributed by atoms with E-state index in [1.54, 1.807) is 0 Å². The van der Waals surface area contributed by atoms with Crippen LogP contribution in [0.5, 0.6) is 0 Å². The van der Waals surface area contributed by atoms with Gasteiger partial charge in [0.2, 0.25) is 0 Å². The predicted octanol–water partition coefficient (Wildman–Crippen LogP) is 14.4. The summed E-state index contributed by atoms with van der Waals surface area (Å²) in [5.41, 5.74) is 13.8. The summed E-state index contributed by atoms with van der Waals surface area (Å²) in [4.78, 5) is 2.45. The lowest BCUT2D eigenvalue weighted by Crippen LogP contribution is -2.12. The summed E-state index contributed by atoms with van der Waals surface area (Å²) < 4.78 is 2.40. The van der Waals surface area contributed by atoms with Gasteiger partial charge in [0, 0.05) is 33.4 Å². The lowest BCUT2D eigenvalue weighted by Gasteiger charge is -2.29. The molecule has 1 aromatic heterocycles. The first-order valence-corrected chi connectivity index (χ1v) is 18.5. The Morgan fingerprint density at radius 3 is 1.65 bits per heavy atom. The molecule has 9 aromatic carbocycles. The minimum Gasteiger partial charge on any atom is -0.310 e. The average molecular weight is 689 g/mol. The molecule has 10 rings (SSSR count). The Bertz CT molecular complexity index is 2870. The van der Waals surface area contributed by atoms with Crippen molar-refractivity contribution >= 4 is 49.6 Å². The fourth-order valence-electron chi connectivity index (χ4n) is 7.98. The molecule has 0 amide bonds. The van der Waals surface area contributed by atoms with Gasteiger partial charge >= 0.3 is 0 Å². The maximum atomic E-state index is 2.45. The van der Waals surface area contributed by atoms with Gasteiger partial charge in [0.25, 0.3) is 0 Å². The van der Waals surface area contributed by atoms with Crippen LogP contribution in [0.25, 0.3) is 71.6 Å². The third-order valence-electron chi connectivity index (χ3n) is 10.5. The number of anilines is 3. The van der Waals surface area contributed by atoms with Crippen molar-refractivity contribution in [2.45, 2.75) is 0 Å². The average Bonchev–Trinajstić information content (AvgIpc) is 3.58. The van der Waals surface area contributed by atoms with E-state index in [9.17, 15) is 0 Å². The van der Waals surface area contributed by atoms with Gasteiger partial charge < -0.3 is 9.47 Å². The first kappa shape index (κ1) is 31.6. The number of hydrogen-bond donors (Lipinski definition) is 0. The second-order valence-corrected chi connectivity index (χ2v) is 13.8. The van der Waals surface area contributed by atoms with Crippen molar-refractivity contribution in [3.05, 3.63) is 218 Å². The van der Waals surface area contributed by atoms with Gasteiger partial charge in [-0.15, -0.1) is 0 Å². The van der Waals surface area contributed by atoms with Crippen molar-refractivity contribution in [1.29, 1.82) is 0 Å². The van der Waals surface area contributed by atoms with E-state index in [0.717, 1.165) is 28.3 Å². The summed E-state index contributed by atoms with van der Waals surface area (Å²) in [7, 11) is 0. The van der Waals surface area contributed by atoms with Gasteiger partial charge in [-0.3, -0.25) is 0 Å². The van der Waals surface area contributed by atoms with E-state index < -0.39 is 0 Å². The molecule has 0 aliphatic carbocycles. The van der Waals surface area contributed by atoms with Gasteiger partial charge in [0.15, 0.2) is 0 Å². The molecule has 0 radical (unpaired) electrons. The molecule has 0 atom stereocenters. The van der Waals surface area contributed by atoms with Crippen molar-refractivity contribution in [1.82, 2.24) is 4.57 Å². The highest BCUT2D eigenvalue weighted by Crippen LogP contribution is 2.45. The van der Waals surface area contributed by atoms with Gasteiger partial charge in [-0.05, 0) is 99.3 Å². The number of para-hydroxylation sites is 3. The molecule has 254 valence electrons. The van der Waals surface area contributed by atoms with Crippen LogP contribution < -0.4 is 4.90 Å². The highest BCUT2D eigenvalue weighted by molar-refractivity contribution is 6.10. The minimum atomic E-state index is 1.08. The smallest absolute Gasteiger partial charge is 0.0561 e.